The van der Waals surface area contributed by atoms with Crippen LogP contribution in [0.3, 0.4) is 0 Å². The highest BCUT2D eigenvalue weighted by Crippen LogP contribution is 2.22. The Bertz CT molecular complexity index is 686. The summed E-state index contributed by atoms with van der Waals surface area (Å²) in [5, 5.41) is 2.72. The Kier molecular flexibility index (Phi) is 3.84. The number of carbonyl (C=O) groups is 1. The number of aryl methyl sites for hydroxylation is 2. The molecule has 1 aromatic carbocycles. The number of aromatic nitrogens is 2. The van der Waals surface area contributed by atoms with Crippen molar-refractivity contribution >= 4 is 17.3 Å². The minimum absolute atomic E-state index is 0.0973. The van der Waals surface area contributed by atoms with E-state index in [1.54, 1.807) is 13.0 Å². The van der Waals surface area contributed by atoms with Crippen molar-refractivity contribution in [1.82, 2.24) is 9.55 Å². The molecule has 0 aliphatic carbocycles. The van der Waals surface area contributed by atoms with Gasteiger partial charge < -0.3 is 11.1 Å². The summed E-state index contributed by atoms with van der Waals surface area (Å²) in [4.78, 5) is 27.6. The molecule has 0 aliphatic heterocycles. The molecule has 0 saturated heterocycles. The number of amides is 1. The minimum atomic E-state index is -0.321. The van der Waals surface area contributed by atoms with E-state index >= 15 is 0 Å². The Hall–Kier alpha value is -2.63. The number of nitrogens with one attached hydrogen (secondary N) is 1. The molecule has 0 fully saturated rings. The summed E-state index contributed by atoms with van der Waals surface area (Å²) in [5.41, 5.74) is 8.11. The Morgan fingerprint density at radius 1 is 1.40 bits per heavy atom. The highest BCUT2D eigenvalue weighted by molar-refractivity contribution is 5.94. The molecule has 6 heteroatoms. The van der Waals surface area contributed by atoms with Crippen LogP contribution < -0.4 is 16.6 Å². The monoisotopic (exact) mass is 272 g/mol. The number of rotatable bonds is 3. The second-order valence-electron chi connectivity index (χ2n) is 4.58. The average molecular weight is 272 g/mol. The molecular formula is C14H16N4O2. The molecule has 1 aromatic heterocycles. The molecule has 0 saturated carbocycles. The first kappa shape index (κ1) is 13.8. The smallest absolute Gasteiger partial charge is 0.253 e. The van der Waals surface area contributed by atoms with Crippen molar-refractivity contribution in [1.29, 1.82) is 0 Å². The average Bonchev–Trinajstić information content (AvgIpc) is 2.37. The van der Waals surface area contributed by atoms with Gasteiger partial charge in [-0.15, -0.1) is 0 Å². The number of nitrogens with zero attached hydrogens (tertiary/aromatic N) is 2. The van der Waals surface area contributed by atoms with Gasteiger partial charge in [0.25, 0.3) is 5.56 Å². The van der Waals surface area contributed by atoms with Crippen molar-refractivity contribution in [2.45, 2.75) is 20.4 Å². The first-order valence-electron chi connectivity index (χ1n) is 6.15. The molecule has 0 aliphatic rings. The second kappa shape index (κ2) is 5.56. The third-order valence-electron chi connectivity index (χ3n) is 2.90. The van der Waals surface area contributed by atoms with Gasteiger partial charge in [-0.1, -0.05) is 12.1 Å². The van der Waals surface area contributed by atoms with E-state index < -0.39 is 0 Å². The molecule has 3 N–H and O–H groups in total. The maximum absolute atomic E-state index is 12.0. The normalized spacial score (nSPS) is 10.3. The minimum Gasteiger partial charge on any atom is -0.397 e. The van der Waals surface area contributed by atoms with Gasteiger partial charge in [-0.3, -0.25) is 14.2 Å². The molecule has 20 heavy (non-hydrogen) atoms. The molecule has 0 atom stereocenters. The molecular weight excluding hydrogens is 256 g/mol. The SMILES string of the molecule is Cc1cc(=O)n(CC(=O)Nc2c(C)cccc2N)cn1. The zero-order valence-electron chi connectivity index (χ0n) is 11.4. The van der Waals surface area contributed by atoms with E-state index in [4.69, 9.17) is 5.73 Å². The van der Waals surface area contributed by atoms with Crippen molar-refractivity contribution in [3.8, 4) is 0 Å². The van der Waals surface area contributed by atoms with Crippen LogP contribution in [-0.2, 0) is 11.3 Å². The summed E-state index contributed by atoms with van der Waals surface area (Å²) in [6.07, 6.45) is 1.36. The number of para-hydroxylation sites is 1. The highest BCUT2D eigenvalue weighted by Gasteiger charge is 2.09. The number of carbonyl (C=O) groups excluding carboxylic acids is 1. The van der Waals surface area contributed by atoms with E-state index in [-0.39, 0.29) is 18.0 Å². The number of anilines is 2. The summed E-state index contributed by atoms with van der Waals surface area (Å²) in [5.74, 6) is -0.321. The summed E-state index contributed by atoms with van der Waals surface area (Å²) in [6, 6.07) is 6.76. The Morgan fingerprint density at radius 3 is 2.80 bits per heavy atom. The third-order valence-corrected chi connectivity index (χ3v) is 2.90. The molecule has 1 amide bonds. The lowest BCUT2D eigenvalue weighted by Gasteiger charge is -2.11. The van der Waals surface area contributed by atoms with E-state index in [1.165, 1.54) is 17.0 Å². The largest absolute Gasteiger partial charge is 0.397 e. The van der Waals surface area contributed by atoms with Gasteiger partial charge in [-0.2, -0.15) is 0 Å². The van der Waals surface area contributed by atoms with Crippen LogP contribution in [0.4, 0.5) is 11.4 Å². The van der Waals surface area contributed by atoms with Crippen molar-refractivity contribution in [3.05, 3.63) is 52.2 Å². The van der Waals surface area contributed by atoms with Gasteiger partial charge in [0, 0.05) is 11.8 Å². The summed E-state index contributed by atoms with van der Waals surface area (Å²) < 4.78 is 1.25. The van der Waals surface area contributed by atoms with Crippen LogP contribution in [0, 0.1) is 13.8 Å². The third kappa shape index (κ3) is 3.03. The zero-order chi connectivity index (χ0) is 14.7. The fourth-order valence-corrected chi connectivity index (χ4v) is 1.83. The van der Waals surface area contributed by atoms with E-state index in [9.17, 15) is 9.59 Å². The molecule has 0 unspecified atom stereocenters. The predicted octanol–water partition coefficient (Wildman–Crippen LogP) is 1.08. The van der Waals surface area contributed by atoms with Gasteiger partial charge in [0.1, 0.15) is 6.54 Å². The van der Waals surface area contributed by atoms with Crippen molar-refractivity contribution in [2.75, 3.05) is 11.1 Å². The van der Waals surface area contributed by atoms with Crippen molar-refractivity contribution in [3.63, 3.8) is 0 Å². The lowest BCUT2D eigenvalue weighted by molar-refractivity contribution is -0.116. The molecule has 1 heterocycles. The number of nitrogen functional groups attached to an aromatic ring is 1. The lowest BCUT2D eigenvalue weighted by Crippen LogP contribution is -2.28. The van der Waals surface area contributed by atoms with Crippen LogP contribution in [0.5, 0.6) is 0 Å². The predicted molar refractivity (Wildman–Crippen MR) is 77.5 cm³/mol. The van der Waals surface area contributed by atoms with E-state index in [2.05, 4.69) is 10.3 Å². The van der Waals surface area contributed by atoms with Gasteiger partial charge >= 0.3 is 0 Å². The zero-order valence-corrected chi connectivity index (χ0v) is 11.4. The Morgan fingerprint density at radius 2 is 2.15 bits per heavy atom. The highest BCUT2D eigenvalue weighted by atomic mass is 16.2. The Labute approximate surface area is 116 Å². The molecule has 104 valence electrons. The van der Waals surface area contributed by atoms with Crippen LogP contribution >= 0.6 is 0 Å². The number of benzene rings is 1. The molecule has 2 rings (SSSR count). The summed E-state index contributed by atoms with van der Waals surface area (Å²) in [6.45, 7) is 3.48. The number of hydrogen-bond acceptors (Lipinski definition) is 4. The molecule has 2 aromatic rings. The van der Waals surface area contributed by atoms with Gasteiger partial charge in [-0.05, 0) is 25.5 Å². The van der Waals surface area contributed by atoms with Gasteiger partial charge in [0.2, 0.25) is 5.91 Å². The van der Waals surface area contributed by atoms with Gasteiger partial charge in [0.15, 0.2) is 0 Å². The second-order valence-corrected chi connectivity index (χ2v) is 4.58. The summed E-state index contributed by atoms with van der Waals surface area (Å²) >= 11 is 0. The first-order valence-corrected chi connectivity index (χ1v) is 6.15. The quantitative estimate of drug-likeness (QED) is 0.818. The van der Waals surface area contributed by atoms with E-state index in [0.29, 0.717) is 17.1 Å². The fourth-order valence-electron chi connectivity index (χ4n) is 1.83. The van der Waals surface area contributed by atoms with Crippen LogP contribution in [0.1, 0.15) is 11.3 Å². The van der Waals surface area contributed by atoms with E-state index in [1.807, 2.05) is 19.1 Å². The maximum atomic E-state index is 12.0. The molecule has 0 bridgehead atoms. The van der Waals surface area contributed by atoms with Crippen LogP contribution in [0.15, 0.2) is 35.4 Å². The maximum Gasteiger partial charge on any atom is 0.253 e. The topological polar surface area (TPSA) is 90.0 Å². The Balaban J connectivity index is 2.15. The molecule has 6 nitrogen and oxygen atoms in total. The van der Waals surface area contributed by atoms with Gasteiger partial charge in [-0.25, -0.2) is 4.98 Å². The van der Waals surface area contributed by atoms with Crippen LogP contribution in [-0.4, -0.2) is 15.5 Å². The fraction of sp³-hybridized carbons (Fsp3) is 0.214. The van der Waals surface area contributed by atoms with Crippen LogP contribution in [0.25, 0.3) is 0 Å². The number of nitrogens with two attached hydrogens (primary N) is 1. The standard InChI is InChI=1S/C14H16N4O2/c1-9-4-3-5-11(15)14(9)17-12(19)7-18-8-16-10(2)6-13(18)20/h3-6,8H,7,15H2,1-2H3,(H,17,19). The van der Waals surface area contributed by atoms with E-state index in [0.717, 1.165) is 5.56 Å². The van der Waals surface area contributed by atoms with Crippen LogP contribution in [0.2, 0.25) is 0 Å². The molecule has 0 radical (unpaired) electrons. The molecule has 0 spiro atoms. The van der Waals surface area contributed by atoms with Gasteiger partial charge in [0.05, 0.1) is 17.7 Å². The number of hydrogen-bond donors (Lipinski definition) is 2. The van der Waals surface area contributed by atoms with Crippen molar-refractivity contribution in [2.24, 2.45) is 0 Å². The first-order chi connectivity index (χ1) is 9.47. The summed E-state index contributed by atoms with van der Waals surface area (Å²) in [7, 11) is 0. The lowest BCUT2D eigenvalue weighted by atomic mass is 10.1. The van der Waals surface area contributed by atoms with Crippen molar-refractivity contribution < 1.29 is 4.79 Å².